The van der Waals surface area contributed by atoms with Crippen LogP contribution in [-0.2, 0) is 11.8 Å². The standard InChI is InChI=1S/C12H17N/c1-9-3-4-11-10(7-9)5-6-12(11,2)8-13/h3-4,7H,5-6,8,13H2,1-2H3. The quantitative estimate of drug-likeness (QED) is 0.695. The van der Waals surface area contributed by atoms with E-state index in [-0.39, 0.29) is 5.41 Å². The van der Waals surface area contributed by atoms with E-state index in [0.717, 1.165) is 6.54 Å². The Labute approximate surface area is 80.0 Å². The van der Waals surface area contributed by atoms with Crippen molar-refractivity contribution in [3.63, 3.8) is 0 Å². The Morgan fingerprint density at radius 1 is 1.46 bits per heavy atom. The highest BCUT2D eigenvalue weighted by molar-refractivity contribution is 5.41. The molecule has 0 bridgehead atoms. The normalized spacial score (nSPS) is 26.1. The molecule has 70 valence electrons. The Balaban J connectivity index is 2.49. The van der Waals surface area contributed by atoms with Gasteiger partial charge in [-0.05, 0) is 30.9 Å². The maximum atomic E-state index is 5.82. The van der Waals surface area contributed by atoms with Gasteiger partial charge in [0.15, 0.2) is 0 Å². The van der Waals surface area contributed by atoms with Crippen LogP contribution in [0.15, 0.2) is 18.2 Å². The van der Waals surface area contributed by atoms with Crippen LogP contribution in [0.25, 0.3) is 0 Å². The molecular formula is C12H17N. The summed E-state index contributed by atoms with van der Waals surface area (Å²) < 4.78 is 0. The third-order valence-corrected chi connectivity index (χ3v) is 3.31. The maximum absolute atomic E-state index is 5.82. The molecule has 0 fully saturated rings. The first-order valence-corrected chi connectivity index (χ1v) is 4.96. The highest BCUT2D eigenvalue weighted by Gasteiger charge is 2.32. The van der Waals surface area contributed by atoms with Gasteiger partial charge in [0.2, 0.25) is 0 Å². The van der Waals surface area contributed by atoms with Crippen molar-refractivity contribution in [1.29, 1.82) is 0 Å². The number of rotatable bonds is 1. The minimum atomic E-state index is 0.239. The number of hydrogen-bond donors (Lipinski definition) is 1. The molecule has 0 aliphatic heterocycles. The smallest absolute Gasteiger partial charge is 0.00532 e. The Bertz CT molecular complexity index is 330. The van der Waals surface area contributed by atoms with Crippen molar-refractivity contribution in [2.45, 2.75) is 32.1 Å². The summed E-state index contributed by atoms with van der Waals surface area (Å²) in [6, 6.07) is 6.75. The van der Waals surface area contributed by atoms with Crippen molar-refractivity contribution in [3.8, 4) is 0 Å². The molecule has 0 heterocycles. The molecule has 1 aromatic carbocycles. The lowest BCUT2D eigenvalue weighted by molar-refractivity contribution is 0.482. The summed E-state index contributed by atoms with van der Waals surface area (Å²) >= 11 is 0. The molecule has 0 saturated heterocycles. The summed E-state index contributed by atoms with van der Waals surface area (Å²) in [7, 11) is 0. The van der Waals surface area contributed by atoms with Crippen LogP contribution in [0.3, 0.4) is 0 Å². The van der Waals surface area contributed by atoms with Crippen LogP contribution >= 0.6 is 0 Å². The van der Waals surface area contributed by atoms with Gasteiger partial charge in [-0.15, -0.1) is 0 Å². The highest BCUT2D eigenvalue weighted by Crippen LogP contribution is 2.37. The highest BCUT2D eigenvalue weighted by atomic mass is 14.6. The molecule has 0 spiro atoms. The second kappa shape index (κ2) is 2.85. The second-order valence-corrected chi connectivity index (χ2v) is 4.43. The first kappa shape index (κ1) is 8.76. The maximum Gasteiger partial charge on any atom is 0.00532 e. The summed E-state index contributed by atoms with van der Waals surface area (Å²) in [6.07, 6.45) is 2.41. The predicted octanol–water partition coefficient (Wildman–Crippen LogP) is 2.16. The zero-order valence-corrected chi connectivity index (χ0v) is 8.43. The number of benzene rings is 1. The van der Waals surface area contributed by atoms with Gasteiger partial charge in [-0.25, -0.2) is 0 Å². The van der Waals surface area contributed by atoms with Crippen molar-refractivity contribution in [1.82, 2.24) is 0 Å². The van der Waals surface area contributed by atoms with Crippen LogP contribution in [0.2, 0.25) is 0 Å². The first-order valence-electron chi connectivity index (χ1n) is 4.96. The number of hydrogen-bond acceptors (Lipinski definition) is 1. The Morgan fingerprint density at radius 3 is 2.92 bits per heavy atom. The average Bonchev–Trinajstić information content (AvgIpc) is 2.45. The molecule has 1 aliphatic carbocycles. The molecule has 2 rings (SSSR count). The van der Waals surface area contributed by atoms with E-state index in [1.807, 2.05) is 0 Å². The Morgan fingerprint density at radius 2 is 2.23 bits per heavy atom. The van der Waals surface area contributed by atoms with Gasteiger partial charge in [0.1, 0.15) is 0 Å². The molecular weight excluding hydrogens is 158 g/mol. The van der Waals surface area contributed by atoms with Crippen LogP contribution in [0, 0.1) is 6.92 Å². The SMILES string of the molecule is Cc1ccc2c(c1)CCC2(C)CN. The predicted molar refractivity (Wildman–Crippen MR) is 55.9 cm³/mol. The molecule has 0 saturated carbocycles. The van der Waals surface area contributed by atoms with Crippen LogP contribution in [0.4, 0.5) is 0 Å². The molecule has 0 radical (unpaired) electrons. The molecule has 1 atom stereocenters. The fourth-order valence-electron chi connectivity index (χ4n) is 2.28. The molecule has 13 heavy (non-hydrogen) atoms. The van der Waals surface area contributed by atoms with Crippen LogP contribution in [0.1, 0.15) is 30.0 Å². The average molecular weight is 175 g/mol. The molecule has 1 aliphatic rings. The van der Waals surface area contributed by atoms with Gasteiger partial charge in [-0.2, -0.15) is 0 Å². The Kier molecular flexibility index (Phi) is 1.92. The van der Waals surface area contributed by atoms with Crippen molar-refractivity contribution in [3.05, 3.63) is 34.9 Å². The van der Waals surface area contributed by atoms with Crippen molar-refractivity contribution in [2.24, 2.45) is 5.73 Å². The minimum Gasteiger partial charge on any atom is -0.330 e. The molecule has 1 heteroatoms. The van der Waals surface area contributed by atoms with Crippen molar-refractivity contribution in [2.75, 3.05) is 6.54 Å². The zero-order chi connectivity index (χ0) is 9.47. The lowest BCUT2D eigenvalue weighted by Gasteiger charge is -2.22. The number of aryl methyl sites for hydroxylation is 2. The van der Waals surface area contributed by atoms with Crippen molar-refractivity contribution < 1.29 is 0 Å². The monoisotopic (exact) mass is 175 g/mol. The zero-order valence-electron chi connectivity index (χ0n) is 8.43. The van der Waals surface area contributed by atoms with E-state index in [4.69, 9.17) is 5.73 Å². The van der Waals surface area contributed by atoms with Gasteiger partial charge in [-0.3, -0.25) is 0 Å². The fraction of sp³-hybridized carbons (Fsp3) is 0.500. The van der Waals surface area contributed by atoms with Gasteiger partial charge in [0.05, 0.1) is 0 Å². The Hall–Kier alpha value is -0.820. The van der Waals surface area contributed by atoms with E-state index in [0.29, 0.717) is 0 Å². The van der Waals surface area contributed by atoms with Crippen molar-refractivity contribution >= 4 is 0 Å². The molecule has 2 N–H and O–H groups in total. The van der Waals surface area contributed by atoms with Gasteiger partial charge < -0.3 is 5.73 Å². The largest absolute Gasteiger partial charge is 0.330 e. The fourth-order valence-corrected chi connectivity index (χ4v) is 2.28. The topological polar surface area (TPSA) is 26.0 Å². The molecule has 1 nitrogen and oxygen atoms in total. The van der Waals surface area contributed by atoms with E-state index in [2.05, 4.69) is 32.0 Å². The lowest BCUT2D eigenvalue weighted by atomic mass is 9.84. The third-order valence-electron chi connectivity index (χ3n) is 3.31. The third kappa shape index (κ3) is 1.28. The van der Waals surface area contributed by atoms with Gasteiger partial charge in [0.25, 0.3) is 0 Å². The lowest BCUT2D eigenvalue weighted by Crippen LogP contribution is -2.28. The van der Waals surface area contributed by atoms with Crippen LogP contribution in [0.5, 0.6) is 0 Å². The van der Waals surface area contributed by atoms with E-state index in [1.165, 1.54) is 29.5 Å². The van der Waals surface area contributed by atoms with E-state index in [9.17, 15) is 0 Å². The number of fused-ring (bicyclic) bond motifs is 1. The summed E-state index contributed by atoms with van der Waals surface area (Å²) in [5.74, 6) is 0. The van der Waals surface area contributed by atoms with Gasteiger partial charge in [-0.1, -0.05) is 30.7 Å². The van der Waals surface area contributed by atoms with Crippen LogP contribution in [-0.4, -0.2) is 6.54 Å². The minimum absolute atomic E-state index is 0.239. The first-order chi connectivity index (χ1) is 6.15. The summed E-state index contributed by atoms with van der Waals surface area (Å²) in [4.78, 5) is 0. The van der Waals surface area contributed by atoms with E-state index < -0.39 is 0 Å². The molecule has 0 amide bonds. The number of nitrogens with two attached hydrogens (primary N) is 1. The van der Waals surface area contributed by atoms with E-state index in [1.54, 1.807) is 0 Å². The van der Waals surface area contributed by atoms with Gasteiger partial charge >= 0.3 is 0 Å². The summed E-state index contributed by atoms with van der Waals surface area (Å²) in [5.41, 5.74) is 10.4. The summed E-state index contributed by atoms with van der Waals surface area (Å²) in [5, 5.41) is 0. The van der Waals surface area contributed by atoms with Gasteiger partial charge in [0, 0.05) is 12.0 Å². The van der Waals surface area contributed by atoms with E-state index >= 15 is 0 Å². The van der Waals surface area contributed by atoms with Crippen LogP contribution < -0.4 is 5.73 Å². The second-order valence-electron chi connectivity index (χ2n) is 4.43. The molecule has 1 unspecified atom stereocenters. The molecule has 0 aromatic heterocycles. The summed E-state index contributed by atoms with van der Waals surface area (Å²) in [6.45, 7) is 5.19. The molecule has 1 aromatic rings.